The molecule has 0 bridgehead atoms. The molecular formula is C9H16Cl4O2. The second-order valence-corrected chi connectivity index (χ2v) is 6.66. The van der Waals surface area contributed by atoms with E-state index in [2.05, 4.69) is 0 Å². The molecule has 0 amide bonds. The first-order valence-electron chi connectivity index (χ1n) is 4.58. The van der Waals surface area contributed by atoms with Gasteiger partial charge in [0.1, 0.15) is 0 Å². The van der Waals surface area contributed by atoms with Crippen molar-refractivity contribution >= 4 is 46.4 Å². The van der Waals surface area contributed by atoms with Crippen molar-refractivity contribution in [2.75, 3.05) is 13.7 Å². The van der Waals surface area contributed by atoms with Crippen LogP contribution in [-0.4, -0.2) is 32.6 Å². The van der Waals surface area contributed by atoms with Gasteiger partial charge in [-0.2, -0.15) is 0 Å². The minimum atomic E-state index is -1.30. The van der Waals surface area contributed by atoms with Crippen LogP contribution in [-0.2, 0) is 0 Å². The Kier molecular flexibility index (Phi) is 6.02. The van der Waals surface area contributed by atoms with Crippen molar-refractivity contribution in [2.24, 2.45) is 5.41 Å². The van der Waals surface area contributed by atoms with E-state index >= 15 is 0 Å². The molecule has 92 valence electrons. The Morgan fingerprint density at radius 3 is 1.87 bits per heavy atom. The fourth-order valence-corrected chi connectivity index (χ4v) is 2.86. The van der Waals surface area contributed by atoms with Crippen LogP contribution in [0.5, 0.6) is 0 Å². The molecule has 1 unspecified atom stereocenters. The van der Waals surface area contributed by atoms with Gasteiger partial charge < -0.3 is 10.2 Å². The minimum absolute atomic E-state index is 0.110. The van der Waals surface area contributed by atoms with Crippen LogP contribution in [0.2, 0.25) is 0 Å². The minimum Gasteiger partial charge on any atom is -0.400 e. The fourth-order valence-electron chi connectivity index (χ4n) is 1.63. The van der Waals surface area contributed by atoms with Gasteiger partial charge in [0.25, 0.3) is 0 Å². The highest BCUT2D eigenvalue weighted by Crippen LogP contribution is 2.60. The SMILES string of the molecule is CC1(CO)CCCC(Cl)(Cl)C1(Cl)Cl.CO. The van der Waals surface area contributed by atoms with Gasteiger partial charge in [0.05, 0.1) is 6.61 Å². The number of alkyl halides is 4. The number of hydrogen-bond donors (Lipinski definition) is 2. The summed E-state index contributed by atoms with van der Waals surface area (Å²) >= 11 is 24.3. The van der Waals surface area contributed by atoms with Gasteiger partial charge in [-0.15, -0.1) is 0 Å². The normalized spacial score (nSPS) is 32.8. The van der Waals surface area contributed by atoms with Crippen LogP contribution in [0.4, 0.5) is 0 Å². The second kappa shape index (κ2) is 5.61. The van der Waals surface area contributed by atoms with E-state index in [0.717, 1.165) is 20.0 Å². The lowest BCUT2D eigenvalue weighted by atomic mass is 9.75. The molecule has 0 aromatic heterocycles. The number of aliphatic hydroxyl groups is 2. The predicted molar refractivity (Wildman–Crippen MR) is 66.1 cm³/mol. The van der Waals surface area contributed by atoms with Gasteiger partial charge in [0, 0.05) is 12.5 Å². The predicted octanol–water partition coefficient (Wildman–Crippen LogP) is 3.13. The highest BCUT2D eigenvalue weighted by Gasteiger charge is 2.60. The summed E-state index contributed by atoms with van der Waals surface area (Å²) in [5.74, 6) is 0. The van der Waals surface area contributed by atoms with Crippen molar-refractivity contribution in [3.63, 3.8) is 0 Å². The van der Waals surface area contributed by atoms with Gasteiger partial charge in [0.2, 0.25) is 0 Å². The molecule has 1 fully saturated rings. The highest BCUT2D eigenvalue weighted by molar-refractivity contribution is 6.62. The van der Waals surface area contributed by atoms with Crippen molar-refractivity contribution < 1.29 is 10.2 Å². The molecule has 0 radical (unpaired) electrons. The van der Waals surface area contributed by atoms with Crippen LogP contribution in [0, 0.1) is 5.41 Å². The van der Waals surface area contributed by atoms with E-state index in [0.29, 0.717) is 6.42 Å². The Hall–Kier alpha value is 1.08. The van der Waals surface area contributed by atoms with Crippen LogP contribution < -0.4 is 0 Å². The molecule has 0 aromatic rings. The summed E-state index contributed by atoms with van der Waals surface area (Å²) in [7, 11) is 1.00. The van der Waals surface area contributed by atoms with Crippen molar-refractivity contribution in [3.05, 3.63) is 0 Å². The van der Waals surface area contributed by atoms with Gasteiger partial charge in [-0.05, 0) is 19.3 Å². The molecule has 1 saturated carbocycles. The van der Waals surface area contributed by atoms with Crippen molar-refractivity contribution in [3.8, 4) is 0 Å². The van der Waals surface area contributed by atoms with Crippen LogP contribution in [0.1, 0.15) is 26.2 Å². The molecule has 1 aliphatic carbocycles. The van der Waals surface area contributed by atoms with Gasteiger partial charge in [-0.3, -0.25) is 0 Å². The smallest absolute Gasteiger partial charge is 0.158 e. The first-order chi connectivity index (χ1) is 6.77. The number of rotatable bonds is 1. The summed E-state index contributed by atoms with van der Waals surface area (Å²) in [6.45, 7) is 1.69. The lowest BCUT2D eigenvalue weighted by molar-refractivity contribution is 0.0857. The molecule has 2 nitrogen and oxygen atoms in total. The van der Waals surface area contributed by atoms with Crippen LogP contribution in [0.15, 0.2) is 0 Å². The largest absolute Gasteiger partial charge is 0.400 e. The van der Waals surface area contributed by atoms with Gasteiger partial charge in [-0.25, -0.2) is 0 Å². The van der Waals surface area contributed by atoms with E-state index < -0.39 is 14.1 Å². The van der Waals surface area contributed by atoms with Crippen LogP contribution >= 0.6 is 46.4 Å². The summed E-state index contributed by atoms with van der Waals surface area (Å²) in [6.07, 6.45) is 2.11. The molecule has 15 heavy (non-hydrogen) atoms. The summed E-state index contributed by atoms with van der Waals surface area (Å²) in [5, 5.41) is 16.2. The fraction of sp³-hybridized carbons (Fsp3) is 1.00. The van der Waals surface area contributed by atoms with Crippen LogP contribution in [0.25, 0.3) is 0 Å². The quantitative estimate of drug-likeness (QED) is 0.730. The monoisotopic (exact) mass is 296 g/mol. The maximum atomic E-state index is 9.23. The molecule has 0 aromatic carbocycles. The van der Waals surface area contributed by atoms with Crippen molar-refractivity contribution in [1.82, 2.24) is 0 Å². The van der Waals surface area contributed by atoms with E-state index in [1.807, 2.05) is 0 Å². The molecule has 0 aliphatic heterocycles. The summed E-state index contributed by atoms with van der Waals surface area (Å²) < 4.78 is -2.47. The molecule has 0 saturated heterocycles. The first-order valence-corrected chi connectivity index (χ1v) is 6.09. The Morgan fingerprint density at radius 2 is 1.53 bits per heavy atom. The second-order valence-electron chi connectivity index (χ2n) is 3.85. The zero-order valence-corrected chi connectivity index (χ0v) is 11.8. The molecular weight excluding hydrogens is 282 g/mol. The van der Waals surface area contributed by atoms with E-state index in [1.54, 1.807) is 6.92 Å². The lowest BCUT2D eigenvalue weighted by Crippen LogP contribution is -2.54. The molecule has 1 atom stereocenters. The van der Waals surface area contributed by atoms with E-state index in [-0.39, 0.29) is 6.61 Å². The number of hydrogen-bond acceptors (Lipinski definition) is 2. The number of halogens is 4. The van der Waals surface area contributed by atoms with E-state index in [1.165, 1.54) is 0 Å². The molecule has 1 rings (SSSR count). The average molecular weight is 298 g/mol. The third-order valence-corrected chi connectivity index (χ3v) is 5.68. The summed E-state index contributed by atoms with van der Waals surface area (Å²) in [5.41, 5.74) is -0.627. The third-order valence-electron chi connectivity index (χ3n) is 2.79. The maximum absolute atomic E-state index is 9.23. The molecule has 0 heterocycles. The van der Waals surface area contributed by atoms with Gasteiger partial charge in [0.15, 0.2) is 8.67 Å². The topological polar surface area (TPSA) is 40.5 Å². The zero-order valence-electron chi connectivity index (χ0n) is 8.73. The Bertz CT molecular complexity index is 208. The highest BCUT2D eigenvalue weighted by atomic mass is 35.5. The molecule has 1 aliphatic rings. The van der Waals surface area contributed by atoms with Gasteiger partial charge in [-0.1, -0.05) is 53.3 Å². The lowest BCUT2D eigenvalue weighted by Gasteiger charge is -2.49. The summed E-state index contributed by atoms with van der Waals surface area (Å²) in [4.78, 5) is 0. The Balaban J connectivity index is 0.000000921. The van der Waals surface area contributed by atoms with Crippen molar-refractivity contribution in [1.29, 1.82) is 0 Å². The molecule has 0 spiro atoms. The third kappa shape index (κ3) is 2.85. The standard InChI is InChI=1S/C8H12Cl4O.CH4O/c1-6(5-13)3-2-4-7(9,10)8(6,11)12;1-2/h13H,2-5H2,1H3;2H,1H3. The first kappa shape index (κ1) is 16.1. The Labute approximate surface area is 110 Å². The van der Waals surface area contributed by atoms with Crippen LogP contribution in [0.3, 0.4) is 0 Å². The van der Waals surface area contributed by atoms with E-state index in [9.17, 15) is 5.11 Å². The zero-order chi connectivity index (χ0) is 12.3. The summed E-state index contributed by atoms with van der Waals surface area (Å²) in [6, 6.07) is 0. The average Bonchev–Trinajstić information content (AvgIpc) is 2.18. The maximum Gasteiger partial charge on any atom is 0.158 e. The Morgan fingerprint density at radius 1 is 1.07 bits per heavy atom. The van der Waals surface area contributed by atoms with E-state index in [4.69, 9.17) is 51.5 Å². The van der Waals surface area contributed by atoms with Crippen molar-refractivity contribution in [2.45, 2.75) is 34.9 Å². The molecule has 6 heteroatoms. The van der Waals surface area contributed by atoms with Gasteiger partial charge >= 0.3 is 0 Å². The number of aliphatic hydroxyl groups excluding tert-OH is 2. The molecule has 2 N–H and O–H groups in total.